The lowest BCUT2D eigenvalue weighted by Gasteiger charge is -2.14. The van der Waals surface area contributed by atoms with Crippen molar-refractivity contribution >= 4 is 23.3 Å². The van der Waals surface area contributed by atoms with E-state index in [1.807, 2.05) is 13.0 Å². The molecule has 0 aliphatic rings. The van der Waals surface area contributed by atoms with Gasteiger partial charge in [0.15, 0.2) is 0 Å². The summed E-state index contributed by atoms with van der Waals surface area (Å²) >= 11 is 5.90. The third-order valence-corrected chi connectivity index (χ3v) is 3.08. The van der Waals surface area contributed by atoms with Crippen LogP contribution in [-0.4, -0.2) is 20.6 Å². The summed E-state index contributed by atoms with van der Waals surface area (Å²) in [5.74, 6) is -0.578. The van der Waals surface area contributed by atoms with Crippen LogP contribution in [0, 0.1) is 10.1 Å². The van der Waals surface area contributed by atoms with Gasteiger partial charge in [-0.1, -0.05) is 23.7 Å². The van der Waals surface area contributed by atoms with Gasteiger partial charge < -0.3 is 15.4 Å². The first kappa shape index (κ1) is 15.0. The Morgan fingerprint density at radius 3 is 2.90 bits per heavy atom. The minimum absolute atomic E-state index is 0.0846. The standard InChI is InChI=1S/C13H13ClN4O3/c1-9(10-3-2-4-11(14)7-10)15-13(19)8-17-6-5-12(16-17)18(20)21/h2-7,9H,8H2,1H3,(H,15,19). The van der Waals surface area contributed by atoms with Crippen molar-refractivity contribution in [1.29, 1.82) is 0 Å². The zero-order chi connectivity index (χ0) is 15.4. The van der Waals surface area contributed by atoms with Gasteiger partial charge in [0.05, 0.1) is 23.4 Å². The smallest absolute Gasteiger partial charge is 0.358 e. The molecule has 1 N–H and O–H groups in total. The highest BCUT2D eigenvalue weighted by Gasteiger charge is 2.15. The van der Waals surface area contributed by atoms with Gasteiger partial charge in [-0.15, -0.1) is 0 Å². The van der Waals surface area contributed by atoms with Crippen LogP contribution >= 0.6 is 11.6 Å². The number of hydrogen-bond acceptors (Lipinski definition) is 4. The van der Waals surface area contributed by atoms with Crippen molar-refractivity contribution in [2.45, 2.75) is 19.5 Å². The lowest BCUT2D eigenvalue weighted by atomic mass is 10.1. The van der Waals surface area contributed by atoms with Crippen molar-refractivity contribution in [3.63, 3.8) is 0 Å². The molecule has 0 fully saturated rings. The number of carbonyl (C=O) groups excluding carboxylic acids is 1. The van der Waals surface area contributed by atoms with Crippen LogP contribution in [0.2, 0.25) is 5.02 Å². The number of nitrogens with zero attached hydrogens (tertiary/aromatic N) is 3. The van der Waals surface area contributed by atoms with Crippen LogP contribution < -0.4 is 5.32 Å². The van der Waals surface area contributed by atoms with E-state index in [1.165, 1.54) is 16.9 Å². The summed E-state index contributed by atoms with van der Waals surface area (Å²) in [4.78, 5) is 21.8. The summed E-state index contributed by atoms with van der Waals surface area (Å²) in [6.45, 7) is 1.74. The van der Waals surface area contributed by atoms with Gasteiger partial charge in [-0.2, -0.15) is 4.68 Å². The van der Waals surface area contributed by atoms with E-state index in [9.17, 15) is 14.9 Å². The third kappa shape index (κ3) is 4.03. The molecular formula is C13H13ClN4O3. The van der Waals surface area contributed by atoms with Gasteiger partial charge >= 0.3 is 5.82 Å². The van der Waals surface area contributed by atoms with Gasteiger partial charge in [-0.05, 0) is 29.5 Å². The van der Waals surface area contributed by atoms with Gasteiger partial charge in [0, 0.05) is 5.02 Å². The maximum atomic E-state index is 11.9. The molecule has 0 aliphatic heterocycles. The molecule has 0 radical (unpaired) electrons. The SMILES string of the molecule is CC(NC(=O)Cn1ccc([N+](=O)[O-])n1)c1cccc(Cl)c1. The molecular weight excluding hydrogens is 296 g/mol. The highest BCUT2D eigenvalue weighted by Crippen LogP contribution is 2.17. The Bertz CT molecular complexity index is 671. The van der Waals surface area contributed by atoms with E-state index in [0.717, 1.165) is 5.56 Å². The van der Waals surface area contributed by atoms with Gasteiger partial charge in [0.2, 0.25) is 5.91 Å². The van der Waals surface area contributed by atoms with Crippen LogP contribution in [0.3, 0.4) is 0 Å². The second-order valence-electron chi connectivity index (χ2n) is 4.47. The minimum Gasteiger partial charge on any atom is -0.358 e. The van der Waals surface area contributed by atoms with Crippen molar-refractivity contribution in [3.8, 4) is 0 Å². The monoisotopic (exact) mass is 308 g/mol. The van der Waals surface area contributed by atoms with Crippen molar-refractivity contribution in [1.82, 2.24) is 15.1 Å². The Balaban J connectivity index is 1.96. The number of nitrogens with one attached hydrogen (secondary N) is 1. The molecule has 21 heavy (non-hydrogen) atoms. The predicted octanol–water partition coefficient (Wildman–Crippen LogP) is 2.32. The highest BCUT2D eigenvalue weighted by molar-refractivity contribution is 6.30. The molecule has 8 heteroatoms. The summed E-state index contributed by atoms with van der Waals surface area (Å²) in [5, 5.41) is 17.6. The molecule has 1 unspecified atom stereocenters. The molecule has 0 spiro atoms. The average molecular weight is 309 g/mol. The van der Waals surface area contributed by atoms with Crippen LogP contribution in [0.1, 0.15) is 18.5 Å². The Morgan fingerprint density at radius 2 is 2.29 bits per heavy atom. The number of benzene rings is 1. The van der Waals surface area contributed by atoms with Crippen molar-refractivity contribution in [3.05, 3.63) is 57.2 Å². The van der Waals surface area contributed by atoms with E-state index in [-0.39, 0.29) is 24.3 Å². The zero-order valence-electron chi connectivity index (χ0n) is 11.2. The number of hydrogen-bond donors (Lipinski definition) is 1. The lowest BCUT2D eigenvalue weighted by Crippen LogP contribution is -2.30. The largest absolute Gasteiger partial charge is 0.389 e. The fourth-order valence-electron chi connectivity index (χ4n) is 1.83. The van der Waals surface area contributed by atoms with Gasteiger partial charge in [0.25, 0.3) is 0 Å². The first-order valence-corrected chi connectivity index (χ1v) is 6.56. The maximum absolute atomic E-state index is 11.9. The number of nitro groups is 1. The Hall–Kier alpha value is -2.41. The summed E-state index contributed by atoms with van der Waals surface area (Å²) in [7, 11) is 0. The Morgan fingerprint density at radius 1 is 1.52 bits per heavy atom. The average Bonchev–Trinajstić information content (AvgIpc) is 2.87. The first-order valence-electron chi connectivity index (χ1n) is 6.18. The Kier molecular flexibility index (Phi) is 4.54. The van der Waals surface area contributed by atoms with Crippen molar-refractivity contribution in [2.24, 2.45) is 0 Å². The van der Waals surface area contributed by atoms with E-state index >= 15 is 0 Å². The van der Waals surface area contributed by atoms with Crippen molar-refractivity contribution in [2.75, 3.05) is 0 Å². The minimum atomic E-state index is -0.608. The summed E-state index contributed by atoms with van der Waals surface area (Å²) in [6, 6.07) is 8.20. The summed E-state index contributed by atoms with van der Waals surface area (Å²) in [6.07, 6.45) is 1.39. The number of rotatable bonds is 5. The quantitative estimate of drug-likeness (QED) is 0.678. The molecule has 7 nitrogen and oxygen atoms in total. The Labute approximate surface area is 125 Å². The van der Waals surface area contributed by atoms with E-state index in [4.69, 9.17) is 11.6 Å². The topological polar surface area (TPSA) is 90.1 Å². The highest BCUT2D eigenvalue weighted by atomic mass is 35.5. The van der Waals surface area contributed by atoms with Crippen LogP contribution in [0.15, 0.2) is 36.5 Å². The number of aromatic nitrogens is 2. The molecule has 2 rings (SSSR count). The molecule has 1 amide bonds. The molecule has 1 aromatic carbocycles. The van der Waals surface area contributed by atoms with Gasteiger partial charge in [0.1, 0.15) is 6.54 Å². The van der Waals surface area contributed by atoms with E-state index in [0.29, 0.717) is 5.02 Å². The molecule has 1 aromatic heterocycles. The molecule has 0 saturated heterocycles. The van der Waals surface area contributed by atoms with Gasteiger partial charge in [-0.3, -0.25) is 4.79 Å². The molecule has 0 saturated carbocycles. The molecule has 110 valence electrons. The van der Waals surface area contributed by atoms with Crippen LogP contribution in [-0.2, 0) is 11.3 Å². The molecule has 0 aliphatic carbocycles. The fourth-order valence-corrected chi connectivity index (χ4v) is 2.03. The normalized spacial score (nSPS) is 11.9. The summed E-state index contributed by atoms with van der Waals surface area (Å²) in [5.41, 5.74) is 0.877. The summed E-state index contributed by atoms with van der Waals surface area (Å²) < 4.78 is 1.22. The van der Waals surface area contributed by atoms with E-state index < -0.39 is 4.92 Å². The molecule has 1 heterocycles. The van der Waals surface area contributed by atoms with Gasteiger partial charge in [-0.25, -0.2) is 0 Å². The molecule has 0 bridgehead atoms. The second-order valence-corrected chi connectivity index (χ2v) is 4.91. The number of halogens is 1. The number of carbonyl (C=O) groups is 1. The first-order chi connectivity index (χ1) is 9.95. The van der Waals surface area contributed by atoms with Crippen LogP contribution in [0.4, 0.5) is 5.82 Å². The van der Waals surface area contributed by atoms with Crippen LogP contribution in [0.25, 0.3) is 0 Å². The lowest BCUT2D eigenvalue weighted by molar-refractivity contribution is -0.389. The zero-order valence-corrected chi connectivity index (χ0v) is 11.9. The van der Waals surface area contributed by atoms with Crippen molar-refractivity contribution < 1.29 is 9.72 Å². The van der Waals surface area contributed by atoms with E-state index in [2.05, 4.69) is 10.4 Å². The molecule has 1 atom stereocenters. The second kappa shape index (κ2) is 6.36. The third-order valence-electron chi connectivity index (χ3n) is 2.85. The fraction of sp³-hybridized carbons (Fsp3) is 0.231. The number of amides is 1. The van der Waals surface area contributed by atoms with E-state index in [1.54, 1.807) is 18.2 Å². The van der Waals surface area contributed by atoms with Crippen LogP contribution in [0.5, 0.6) is 0 Å². The molecule has 2 aromatic rings. The maximum Gasteiger partial charge on any atom is 0.389 e. The predicted molar refractivity (Wildman–Crippen MR) is 76.9 cm³/mol.